The fourth-order valence-corrected chi connectivity index (χ4v) is 4.10. The maximum absolute atomic E-state index is 5.04. The van der Waals surface area contributed by atoms with Gasteiger partial charge in [0.1, 0.15) is 5.82 Å². The van der Waals surface area contributed by atoms with E-state index >= 15 is 0 Å². The van der Waals surface area contributed by atoms with Crippen molar-refractivity contribution >= 4 is 21.7 Å². The molecule has 2 heterocycles. The highest BCUT2D eigenvalue weighted by Gasteiger charge is 2.22. The molecule has 0 bridgehead atoms. The van der Waals surface area contributed by atoms with E-state index in [1.165, 1.54) is 35.1 Å². The van der Waals surface area contributed by atoms with Gasteiger partial charge in [-0.1, -0.05) is 29.3 Å². The first kappa shape index (κ1) is 16.4. The van der Waals surface area contributed by atoms with Gasteiger partial charge in [-0.25, -0.2) is 4.68 Å². The van der Waals surface area contributed by atoms with Gasteiger partial charge in [0.15, 0.2) is 0 Å². The van der Waals surface area contributed by atoms with Gasteiger partial charge >= 0.3 is 0 Å². The summed E-state index contributed by atoms with van der Waals surface area (Å²) < 4.78 is 3.12. The average Bonchev–Trinajstić information content (AvgIpc) is 2.76. The largest absolute Gasteiger partial charge is 0.370 e. The van der Waals surface area contributed by atoms with Crippen LogP contribution in [0.4, 0.5) is 5.82 Å². The molecule has 0 amide bonds. The lowest BCUT2D eigenvalue weighted by Crippen LogP contribution is -2.07. The summed E-state index contributed by atoms with van der Waals surface area (Å²) in [7, 11) is 0. The summed E-state index contributed by atoms with van der Waals surface area (Å²) in [5.74, 6) is 1.14. The molecule has 0 radical (unpaired) electrons. The minimum atomic E-state index is 0.995. The van der Waals surface area contributed by atoms with Crippen LogP contribution in [0.25, 0.3) is 16.9 Å². The molecule has 0 fully saturated rings. The fourth-order valence-electron chi connectivity index (χ4n) is 3.64. The van der Waals surface area contributed by atoms with Gasteiger partial charge in [-0.2, -0.15) is 5.10 Å². The van der Waals surface area contributed by atoms with Crippen LogP contribution >= 0.6 is 15.9 Å². The molecule has 1 aliphatic heterocycles. The number of rotatable bonds is 2. The topological polar surface area (TPSA) is 29.9 Å². The predicted molar refractivity (Wildman–Crippen MR) is 108 cm³/mol. The van der Waals surface area contributed by atoms with Crippen LogP contribution in [-0.2, 0) is 6.42 Å². The highest BCUT2D eigenvalue weighted by Crippen LogP contribution is 2.36. The number of halogens is 1. The number of aryl methyl sites for hydroxylation is 2. The standard InChI is InChI=1S/C21H22BrN3/c1-14-11-15(2)13-16(12-14)20-17-7-5-6-10-23-21(17)25(24-20)19-9-4-3-8-18(19)22/h3-4,8-9,11-13,23H,5-7,10H2,1-2H3. The second kappa shape index (κ2) is 6.68. The molecule has 3 nitrogen and oxygen atoms in total. The zero-order valence-corrected chi connectivity index (χ0v) is 16.2. The van der Waals surface area contributed by atoms with Gasteiger partial charge in [0.05, 0.1) is 11.4 Å². The third kappa shape index (κ3) is 3.11. The Bertz CT molecular complexity index is 907. The number of aromatic nitrogens is 2. The van der Waals surface area contributed by atoms with Crippen LogP contribution in [-0.4, -0.2) is 16.3 Å². The maximum Gasteiger partial charge on any atom is 0.133 e. The molecule has 25 heavy (non-hydrogen) atoms. The Kier molecular flexibility index (Phi) is 4.38. The van der Waals surface area contributed by atoms with E-state index in [1.807, 2.05) is 6.07 Å². The van der Waals surface area contributed by atoms with Crippen LogP contribution in [0.2, 0.25) is 0 Å². The van der Waals surface area contributed by atoms with E-state index in [0.717, 1.165) is 34.6 Å². The molecule has 0 unspecified atom stereocenters. The van der Waals surface area contributed by atoms with Crippen molar-refractivity contribution in [2.45, 2.75) is 33.1 Å². The number of benzene rings is 2. The zero-order valence-electron chi connectivity index (χ0n) is 14.6. The fraction of sp³-hybridized carbons (Fsp3) is 0.286. The van der Waals surface area contributed by atoms with E-state index in [0.29, 0.717) is 0 Å². The smallest absolute Gasteiger partial charge is 0.133 e. The second-order valence-electron chi connectivity index (χ2n) is 6.80. The zero-order chi connectivity index (χ0) is 17.4. The van der Waals surface area contributed by atoms with Gasteiger partial charge < -0.3 is 5.32 Å². The number of para-hydroxylation sites is 1. The number of hydrogen-bond donors (Lipinski definition) is 1. The molecule has 4 rings (SSSR count). The SMILES string of the molecule is Cc1cc(C)cc(-c2nn(-c3ccccc3Br)c3c2CCCCN3)c1. The highest BCUT2D eigenvalue weighted by molar-refractivity contribution is 9.10. The molecule has 1 N–H and O–H groups in total. The molecule has 0 aliphatic carbocycles. The summed E-state index contributed by atoms with van der Waals surface area (Å²) in [5.41, 5.74) is 7.28. The highest BCUT2D eigenvalue weighted by atomic mass is 79.9. The molecule has 0 saturated heterocycles. The van der Waals surface area contributed by atoms with Gasteiger partial charge in [-0.3, -0.25) is 0 Å². The van der Waals surface area contributed by atoms with Crippen molar-refractivity contribution in [2.75, 3.05) is 11.9 Å². The van der Waals surface area contributed by atoms with Gasteiger partial charge in [-0.05, 0) is 73.3 Å². The van der Waals surface area contributed by atoms with E-state index in [-0.39, 0.29) is 0 Å². The van der Waals surface area contributed by atoms with Crippen molar-refractivity contribution < 1.29 is 0 Å². The lowest BCUT2D eigenvalue weighted by Gasteiger charge is -2.10. The molecule has 2 aromatic carbocycles. The van der Waals surface area contributed by atoms with Gasteiger partial charge in [0, 0.05) is 22.1 Å². The minimum absolute atomic E-state index is 0.995. The Labute approximate surface area is 157 Å². The van der Waals surface area contributed by atoms with Crippen LogP contribution in [0.3, 0.4) is 0 Å². The first-order chi connectivity index (χ1) is 12.1. The van der Waals surface area contributed by atoms with Crippen molar-refractivity contribution in [1.82, 2.24) is 9.78 Å². The summed E-state index contributed by atoms with van der Waals surface area (Å²) in [6, 6.07) is 15.0. The first-order valence-corrected chi connectivity index (χ1v) is 9.62. The number of anilines is 1. The molecule has 3 aromatic rings. The molecule has 4 heteroatoms. The number of nitrogens with one attached hydrogen (secondary N) is 1. The molecule has 1 aliphatic rings. The van der Waals surface area contributed by atoms with Crippen molar-refractivity contribution in [3.63, 3.8) is 0 Å². The third-order valence-corrected chi connectivity index (χ3v) is 5.38. The van der Waals surface area contributed by atoms with E-state index in [2.05, 4.69) is 76.2 Å². The molecule has 0 atom stereocenters. The van der Waals surface area contributed by atoms with Crippen LogP contribution in [0.5, 0.6) is 0 Å². The van der Waals surface area contributed by atoms with Gasteiger partial charge in [0.2, 0.25) is 0 Å². The predicted octanol–water partition coefficient (Wildman–Crippen LogP) is 5.67. The Morgan fingerprint density at radius 1 is 1.04 bits per heavy atom. The Morgan fingerprint density at radius 2 is 1.80 bits per heavy atom. The monoisotopic (exact) mass is 395 g/mol. The molecule has 0 saturated carbocycles. The summed E-state index contributed by atoms with van der Waals surface area (Å²) in [5, 5.41) is 8.66. The molecular formula is C21H22BrN3. The first-order valence-electron chi connectivity index (χ1n) is 8.83. The second-order valence-corrected chi connectivity index (χ2v) is 7.65. The number of fused-ring (bicyclic) bond motifs is 1. The van der Waals surface area contributed by atoms with Crippen LogP contribution < -0.4 is 5.32 Å². The van der Waals surface area contributed by atoms with Crippen LogP contribution in [0, 0.1) is 13.8 Å². The summed E-state index contributed by atoms with van der Waals surface area (Å²) in [6.45, 7) is 5.30. The third-order valence-electron chi connectivity index (χ3n) is 4.71. The molecule has 128 valence electrons. The van der Waals surface area contributed by atoms with E-state index in [4.69, 9.17) is 5.10 Å². The van der Waals surface area contributed by atoms with Crippen molar-refractivity contribution in [1.29, 1.82) is 0 Å². The van der Waals surface area contributed by atoms with Crippen molar-refractivity contribution in [3.05, 3.63) is 63.6 Å². The summed E-state index contributed by atoms with van der Waals surface area (Å²) in [6.07, 6.45) is 3.45. The minimum Gasteiger partial charge on any atom is -0.370 e. The number of nitrogens with zero attached hydrogens (tertiary/aromatic N) is 2. The molecular weight excluding hydrogens is 374 g/mol. The molecule has 1 aromatic heterocycles. The summed E-state index contributed by atoms with van der Waals surface area (Å²) >= 11 is 3.68. The Balaban J connectivity index is 1.95. The lowest BCUT2D eigenvalue weighted by atomic mass is 10.00. The Morgan fingerprint density at radius 3 is 2.56 bits per heavy atom. The summed E-state index contributed by atoms with van der Waals surface area (Å²) in [4.78, 5) is 0. The van der Waals surface area contributed by atoms with Gasteiger partial charge in [-0.15, -0.1) is 0 Å². The van der Waals surface area contributed by atoms with E-state index in [9.17, 15) is 0 Å². The maximum atomic E-state index is 5.04. The van der Waals surface area contributed by atoms with Gasteiger partial charge in [0.25, 0.3) is 0 Å². The van der Waals surface area contributed by atoms with E-state index < -0.39 is 0 Å². The number of hydrogen-bond acceptors (Lipinski definition) is 2. The van der Waals surface area contributed by atoms with Crippen molar-refractivity contribution in [3.8, 4) is 16.9 Å². The molecule has 0 spiro atoms. The van der Waals surface area contributed by atoms with E-state index in [1.54, 1.807) is 0 Å². The quantitative estimate of drug-likeness (QED) is 0.605. The average molecular weight is 396 g/mol. The lowest BCUT2D eigenvalue weighted by molar-refractivity contribution is 0.780. The Hall–Kier alpha value is -2.07. The normalized spacial score (nSPS) is 13.9. The van der Waals surface area contributed by atoms with Crippen LogP contribution in [0.1, 0.15) is 29.5 Å². The van der Waals surface area contributed by atoms with Crippen LogP contribution in [0.15, 0.2) is 46.9 Å². The van der Waals surface area contributed by atoms with Crippen molar-refractivity contribution in [2.24, 2.45) is 0 Å².